The van der Waals surface area contributed by atoms with Gasteiger partial charge in [-0.05, 0) is 25.7 Å². The van der Waals surface area contributed by atoms with E-state index in [9.17, 15) is 14.7 Å². The van der Waals surface area contributed by atoms with Crippen molar-refractivity contribution in [2.45, 2.75) is 77.8 Å². The van der Waals surface area contributed by atoms with Crippen LogP contribution in [0.15, 0.2) is 0 Å². The molecule has 0 radical (unpaired) electrons. The van der Waals surface area contributed by atoms with E-state index in [0.717, 1.165) is 0 Å². The summed E-state index contributed by atoms with van der Waals surface area (Å²) in [7, 11) is 0. The van der Waals surface area contributed by atoms with E-state index in [-0.39, 0.29) is 32.5 Å². The van der Waals surface area contributed by atoms with Crippen LogP contribution in [0.5, 0.6) is 0 Å². The standard InChI is InChI=1S/C18H34O9/c1-5-13(20)10-24-17(21)27-16(8-4)12-23-15(7-3)11-25-18(22)26-14(6-2)9-19/h13-16,19-20H,5-12H2,1-4H3. The van der Waals surface area contributed by atoms with Crippen molar-refractivity contribution in [2.75, 3.05) is 26.4 Å². The smallest absolute Gasteiger partial charge is 0.432 e. The summed E-state index contributed by atoms with van der Waals surface area (Å²) < 4.78 is 25.5. The molecule has 0 heterocycles. The van der Waals surface area contributed by atoms with E-state index in [1.54, 1.807) is 13.8 Å². The number of aliphatic hydroxyl groups excluding tert-OH is 2. The molecule has 0 aromatic heterocycles. The monoisotopic (exact) mass is 394 g/mol. The Balaban J connectivity index is 4.21. The van der Waals surface area contributed by atoms with E-state index in [1.165, 1.54) is 0 Å². The molecule has 9 nitrogen and oxygen atoms in total. The molecule has 4 atom stereocenters. The second kappa shape index (κ2) is 15.5. The first kappa shape index (κ1) is 25.4. The highest BCUT2D eigenvalue weighted by Crippen LogP contribution is 2.08. The number of carbonyl (C=O) groups excluding carboxylic acids is 2. The molecule has 4 unspecified atom stereocenters. The summed E-state index contributed by atoms with van der Waals surface area (Å²) in [5, 5.41) is 18.4. The Labute approximate surface area is 160 Å². The van der Waals surface area contributed by atoms with E-state index in [1.807, 2.05) is 13.8 Å². The van der Waals surface area contributed by atoms with E-state index < -0.39 is 30.6 Å². The molecule has 0 aromatic rings. The Morgan fingerprint density at radius 3 is 1.74 bits per heavy atom. The van der Waals surface area contributed by atoms with Gasteiger partial charge in [0.15, 0.2) is 0 Å². The van der Waals surface area contributed by atoms with Crippen molar-refractivity contribution in [3.8, 4) is 0 Å². The fraction of sp³-hybridized carbons (Fsp3) is 0.889. The number of rotatable bonds is 14. The van der Waals surface area contributed by atoms with Gasteiger partial charge < -0.3 is 33.9 Å². The van der Waals surface area contributed by atoms with Crippen molar-refractivity contribution in [3.05, 3.63) is 0 Å². The lowest BCUT2D eigenvalue weighted by Gasteiger charge is -2.21. The van der Waals surface area contributed by atoms with Crippen molar-refractivity contribution >= 4 is 12.3 Å². The van der Waals surface area contributed by atoms with Crippen molar-refractivity contribution < 1.29 is 43.5 Å². The predicted molar refractivity (Wildman–Crippen MR) is 96.4 cm³/mol. The average Bonchev–Trinajstić information content (AvgIpc) is 2.68. The predicted octanol–water partition coefficient (Wildman–Crippen LogP) is 2.41. The van der Waals surface area contributed by atoms with Crippen LogP contribution in [-0.4, -0.2) is 73.4 Å². The highest BCUT2D eigenvalue weighted by Gasteiger charge is 2.19. The third-order valence-electron chi connectivity index (χ3n) is 3.87. The summed E-state index contributed by atoms with van der Waals surface area (Å²) in [5.41, 5.74) is 0. The highest BCUT2D eigenvalue weighted by molar-refractivity contribution is 5.60. The maximum Gasteiger partial charge on any atom is 0.508 e. The maximum atomic E-state index is 11.6. The van der Waals surface area contributed by atoms with Gasteiger partial charge in [-0.15, -0.1) is 0 Å². The minimum atomic E-state index is -0.862. The van der Waals surface area contributed by atoms with Crippen molar-refractivity contribution in [1.82, 2.24) is 0 Å². The lowest BCUT2D eigenvalue weighted by Crippen LogP contribution is -2.30. The first-order valence-corrected chi connectivity index (χ1v) is 9.47. The summed E-state index contributed by atoms with van der Waals surface area (Å²) in [6.45, 7) is 6.98. The zero-order valence-corrected chi connectivity index (χ0v) is 16.7. The third kappa shape index (κ3) is 12.4. The quantitative estimate of drug-likeness (QED) is 0.428. The minimum absolute atomic E-state index is 0.0131. The fourth-order valence-corrected chi connectivity index (χ4v) is 1.80. The van der Waals surface area contributed by atoms with E-state index in [0.29, 0.717) is 25.7 Å². The summed E-state index contributed by atoms with van der Waals surface area (Å²) in [6, 6.07) is 0. The van der Waals surface area contributed by atoms with Crippen LogP contribution < -0.4 is 0 Å². The molecular weight excluding hydrogens is 360 g/mol. The largest absolute Gasteiger partial charge is 0.508 e. The second-order valence-corrected chi connectivity index (χ2v) is 6.03. The molecule has 9 heteroatoms. The van der Waals surface area contributed by atoms with E-state index >= 15 is 0 Å². The Bertz CT molecular complexity index is 398. The lowest BCUT2D eigenvalue weighted by molar-refractivity contribution is -0.0688. The maximum absolute atomic E-state index is 11.6. The Morgan fingerprint density at radius 1 is 0.741 bits per heavy atom. The van der Waals surface area contributed by atoms with Gasteiger partial charge in [-0.25, -0.2) is 9.59 Å². The van der Waals surface area contributed by atoms with Crippen molar-refractivity contribution in [2.24, 2.45) is 0 Å². The highest BCUT2D eigenvalue weighted by atomic mass is 16.7. The van der Waals surface area contributed by atoms with Gasteiger partial charge in [-0.2, -0.15) is 0 Å². The van der Waals surface area contributed by atoms with Gasteiger partial charge >= 0.3 is 12.3 Å². The average molecular weight is 394 g/mol. The Kier molecular flexibility index (Phi) is 14.6. The van der Waals surface area contributed by atoms with Crippen LogP contribution in [0.2, 0.25) is 0 Å². The molecule has 0 fully saturated rings. The SMILES string of the molecule is CCC(O)COC(=O)OC(CC)COC(CC)COC(=O)OC(CC)CO. The molecule has 0 aliphatic rings. The molecule has 0 bridgehead atoms. The number of hydrogen-bond donors (Lipinski definition) is 2. The van der Waals surface area contributed by atoms with Crippen LogP contribution in [-0.2, 0) is 23.7 Å². The molecule has 27 heavy (non-hydrogen) atoms. The van der Waals surface area contributed by atoms with Gasteiger partial charge in [0, 0.05) is 0 Å². The normalized spacial score (nSPS) is 15.3. The van der Waals surface area contributed by atoms with E-state index in [4.69, 9.17) is 28.8 Å². The zero-order valence-electron chi connectivity index (χ0n) is 16.7. The van der Waals surface area contributed by atoms with Crippen LogP contribution in [0.1, 0.15) is 53.4 Å². The zero-order chi connectivity index (χ0) is 20.7. The summed E-state index contributed by atoms with van der Waals surface area (Å²) in [5.74, 6) is 0. The molecular formula is C18H34O9. The summed E-state index contributed by atoms with van der Waals surface area (Å²) in [4.78, 5) is 23.2. The number of aliphatic hydroxyl groups is 2. The first-order chi connectivity index (χ1) is 12.9. The molecule has 0 spiro atoms. The van der Waals surface area contributed by atoms with E-state index in [2.05, 4.69) is 0 Å². The number of hydrogen-bond acceptors (Lipinski definition) is 9. The molecule has 0 aliphatic heterocycles. The second-order valence-electron chi connectivity index (χ2n) is 6.03. The molecule has 0 rings (SSSR count). The van der Waals surface area contributed by atoms with Crippen LogP contribution >= 0.6 is 0 Å². The molecule has 2 N–H and O–H groups in total. The Hall–Kier alpha value is -1.58. The molecule has 0 aliphatic carbocycles. The summed E-state index contributed by atoms with van der Waals surface area (Å²) in [6.07, 6.45) is -1.88. The van der Waals surface area contributed by atoms with Gasteiger partial charge in [0.2, 0.25) is 0 Å². The van der Waals surface area contributed by atoms with Crippen molar-refractivity contribution in [1.29, 1.82) is 0 Å². The minimum Gasteiger partial charge on any atom is -0.432 e. The summed E-state index contributed by atoms with van der Waals surface area (Å²) >= 11 is 0. The van der Waals surface area contributed by atoms with Gasteiger partial charge in [0.1, 0.15) is 25.4 Å². The topological polar surface area (TPSA) is 121 Å². The number of ether oxygens (including phenoxy) is 5. The van der Waals surface area contributed by atoms with Crippen LogP contribution in [0.3, 0.4) is 0 Å². The van der Waals surface area contributed by atoms with Gasteiger partial charge in [0.25, 0.3) is 0 Å². The van der Waals surface area contributed by atoms with Gasteiger partial charge in [0.05, 0.1) is 25.4 Å². The fourth-order valence-electron chi connectivity index (χ4n) is 1.80. The molecule has 0 aromatic carbocycles. The van der Waals surface area contributed by atoms with Crippen LogP contribution in [0, 0.1) is 0 Å². The van der Waals surface area contributed by atoms with Crippen LogP contribution in [0.25, 0.3) is 0 Å². The lowest BCUT2D eigenvalue weighted by atomic mass is 10.2. The van der Waals surface area contributed by atoms with Crippen molar-refractivity contribution in [3.63, 3.8) is 0 Å². The molecule has 0 saturated carbocycles. The number of carbonyl (C=O) groups is 2. The molecule has 0 saturated heterocycles. The third-order valence-corrected chi connectivity index (χ3v) is 3.87. The van der Waals surface area contributed by atoms with Gasteiger partial charge in [-0.1, -0.05) is 27.7 Å². The molecule has 0 amide bonds. The van der Waals surface area contributed by atoms with Gasteiger partial charge in [-0.3, -0.25) is 0 Å². The van der Waals surface area contributed by atoms with Crippen LogP contribution in [0.4, 0.5) is 9.59 Å². The Morgan fingerprint density at radius 2 is 1.26 bits per heavy atom. The molecule has 160 valence electrons. The first-order valence-electron chi connectivity index (χ1n) is 9.47.